The summed E-state index contributed by atoms with van der Waals surface area (Å²) in [5.74, 6) is 1.14. The monoisotopic (exact) mass is 393 g/mol. The molecule has 1 aliphatic rings. The number of morpholine rings is 1. The van der Waals surface area contributed by atoms with Crippen molar-refractivity contribution in [3.63, 3.8) is 0 Å². The van der Waals surface area contributed by atoms with Crippen molar-refractivity contribution in [1.82, 2.24) is 9.97 Å². The molecule has 1 saturated heterocycles. The Hall–Kier alpha value is -2.59. The molecule has 9 nitrogen and oxygen atoms in total. The first-order chi connectivity index (χ1) is 12.9. The molecule has 0 radical (unpaired) electrons. The zero-order chi connectivity index (χ0) is 19.4. The van der Waals surface area contributed by atoms with E-state index in [-0.39, 0.29) is 10.9 Å². The highest BCUT2D eigenvalue weighted by Crippen LogP contribution is 2.30. The fourth-order valence-corrected chi connectivity index (χ4v) is 4.01. The fourth-order valence-electron chi connectivity index (χ4n) is 2.79. The fraction of sp³-hybridized carbons (Fsp3) is 0.412. The normalized spacial score (nSPS) is 14.8. The molecule has 10 heteroatoms. The zero-order valence-corrected chi connectivity index (χ0v) is 16.1. The van der Waals surface area contributed by atoms with E-state index in [0.717, 1.165) is 0 Å². The molecule has 0 bridgehead atoms. The third-order valence-corrected chi connectivity index (χ3v) is 5.70. The van der Waals surface area contributed by atoms with Crippen molar-refractivity contribution in [2.24, 2.45) is 0 Å². The molecule has 0 amide bonds. The van der Waals surface area contributed by atoms with Crippen LogP contribution in [0.1, 0.15) is 5.56 Å². The highest BCUT2D eigenvalue weighted by molar-refractivity contribution is 7.90. The number of nitrogens with one attached hydrogen (secondary N) is 1. The lowest BCUT2D eigenvalue weighted by Gasteiger charge is -2.29. The molecule has 2 aromatic rings. The SMILES string of the molecule is CNc1nc(S(=O)(=O)Cc2ccc(OC)cc2)nc(N2CCOCC2)c1N. The molecule has 1 aliphatic heterocycles. The van der Waals surface area contributed by atoms with E-state index in [0.29, 0.717) is 54.9 Å². The number of nitrogen functional groups attached to an aromatic ring is 1. The van der Waals surface area contributed by atoms with E-state index in [1.54, 1.807) is 38.4 Å². The number of anilines is 3. The van der Waals surface area contributed by atoms with E-state index < -0.39 is 9.84 Å². The second-order valence-electron chi connectivity index (χ2n) is 6.05. The molecule has 0 unspecified atom stereocenters. The van der Waals surface area contributed by atoms with Crippen LogP contribution in [0.15, 0.2) is 29.4 Å². The molecule has 1 fully saturated rings. The van der Waals surface area contributed by atoms with Gasteiger partial charge in [0.1, 0.15) is 11.4 Å². The maximum Gasteiger partial charge on any atom is 0.251 e. The molecular weight excluding hydrogens is 370 g/mol. The molecule has 0 saturated carbocycles. The lowest BCUT2D eigenvalue weighted by molar-refractivity contribution is 0.122. The molecule has 146 valence electrons. The Morgan fingerprint density at radius 2 is 1.89 bits per heavy atom. The van der Waals surface area contributed by atoms with Crippen LogP contribution >= 0.6 is 0 Å². The lowest BCUT2D eigenvalue weighted by atomic mass is 10.2. The van der Waals surface area contributed by atoms with Crippen LogP contribution in [0.2, 0.25) is 0 Å². The summed E-state index contributed by atoms with van der Waals surface area (Å²) in [6.07, 6.45) is 0. The first kappa shape index (κ1) is 19.2. The van der Waals surface area contributed by atoms with E-state index in [4.69, 9.17) is 15.2 Å². The van der Waals surface area contributed by atoms with Gasteiger partial charge in [-0.25, -0.2) is 8.42 Å². The Morgan fingerprint density at radius 3 is 2.48 bits per heavy atom. The number of rotatable bonds is 6. The topological polar surface area (TPSA) is 120 Å². The maximum absolute atomic E-state index is 12.9. The molecule has 0 atom stereocenters. The van der Waals surface area contributed by atoms with Gasteiger partial charge in [-0.05, 0) is 17.7 Å². The van der Waals surface area contributed by atoms with Crippen LogP contribution < -0.4 is 20.7 Å². The molecule has 0 spiro atoms. The average molecular weight is 393 g/mol. The number of benzene rings is 1. The van der Waals surface area contributed by atoms with Crippen molar-refractivity contribution in [1.29, 1.82) is 0 Å². The average Bonchev–Trinajstić information content (AvgIpc) is 2.69. The highest BCUT2D eigenvalue weighted by Gasteiger charge is 2.25. The summed E-state index contributed by atoms with van der Waals surface area (Å²) in [7, 11) is -0.563. The van der Waals surface area contributed by atoms with Crippen molar-refractivity contribution >= 4 is 27.2 Å². The van der Waals surface area contributed by atoms with Gasteiger partial charge in [0.05, 0.1) is 26.1 Å². The molecular formula is C17H23N5O4S. The molecule has 2 heterocycles. The molecule has 1 aromatic heterocycles. The van der Waals surface area contributed by atoms with E-state index in [1.165, 1.54) is 0 Å². The standard InChI is InChI=1S/C17H23N5O4S/c1-19-15-14(18)16(22-7-9-26-10-8-22)21-17(20-15)27(23,24)11-12-3-5-13(25-2)6-4-12/h3-6H,7-11,18H2,1-2H3,(H,19,20,21). The van der Waals surface area contributed by atoms with Gasteiger partial charge in [0.15, 0.2) is 11.6 Å². The summed E-state index contributed by atoms with van der Waals surface area (Å²) in [6, 6.07) is 6.84. The Morgan fingerprint density at radius 1 is 1.22 bits per heavy atom. The minimum absolute atomic E-state index is 0.216. The molecule has 1 aromatic carbocycles. The van der Waals surface area contributed by atoms with Crippen molar-refractivity contribution in [3.05, 3.63) is 29.8 Å². The summed E-state index contributed by atoms with van der Waals surface area (Å²) >= 11 is 0. The van der Waals surface area contributed by atoms with Crippen LogP contribution in [0.3, 0.4) is 0 Å². The van der Waals surface area contributed by atoms with Gasteiger partial charge < -0.3 is 25.4 Å². The van der Waals surface area contributed by atoms with Crippen LogP contribution in [0.4, 0.5) is 17.3 Å². The van der Waals surface area contributed by atoms with Crippen LogP contribution in [-0.2, 0) is 20.3 Å². The first-order valence-corrected chi connectivity index (χ1v) is 10.1. The number of hydrogen-bond acceptors (Lipinski definition) is 9. The molecule has 27 heavy (non-hydrogen) atoms. The van der Waals surface area contributed by atoms with Gasteiger partial charge in [-0.2, -0.15) is 9.97 Å². The van der Waals surface area contributed by atoms with Crippen LogP contribution in [0, 0.1) is 0 Å². The van der Waals surface area contributed by atoms with Gasteiger partial charge in [0, 0.05) is 20.1 Å². The largest absolute Gasteiger partial charge is 0.497 e. The smallest absolute Gasteiger partial charge is 0.251 e. The predicted octanol–water partition coefficient (Wildman–Crippen LogP) is 0.920. The van der Waals surface area contributed by atoms with Crippen molar-refractivity contribution in [2.75, 3.05) is 56.4 Å². The van der Waals surface area contributed by atoms with E-state index in [9.17, 15) is 8.42 Å². The highest BCUT2D eigenvalue weighted by atomic mass is 32.2. The van der Waals surface area contributed by atoms with Gasteiger partial charge in [-0.3, -0.25) is 0 Å². The Balaban J connectivity index is 1.95. The van der Waals surface area contributed by atoms with Crippen LogP contribution in [0.5, 0.6) is 5.75 Å². The van der Waals surface area contributed by atoms with Crippen molar-refractivity contribution < 1.29 is 17.9 Å². The third-order valence-electron chi connectivity index (χ3n) is 4.25. The van der Waals surface area contributed by atoms with Gasteiger partial charge in [-0.1, -0.05) is 12.1 Å². The van der Waals surface area contributed by atoms with Gasteiger partial charge in [-0.15, -0.1) is 0 Å². The summed E-state index contributed by atoms with van der Waals surface area (Å²) in [4.78, 5) is 10.3. The molecule has 3 rings (SSSR count). The van der Waals surface area contributed by atoms with Crippen LogP contribution in [-0.4, -0.2) is 58.8 Å². The second kappa shape index (κ2) is 7.97. The summed E-state index contributed by atoms with van der Waals surface area (Å²) in [6.45, 7) is 2.24. The Bertz CT molecular complexity index is 896. The van der Waals surface area contributed by atoms with E-state index >= 15 is 0 Å². The minimum atomic E-state index is -3.76. The molecule has 0 aliphatic carbocycles. The number of nitrogens with two attached hydrogens (primary N) is 1. The van der Waals surface area contributed by atoms with Crippen LogP contribution in [0.25, 0.3) is 0 Å². The quantitative estimate of drug-likeness (QED) is 0.690. The summed E-state index contributed by atoms with van der Waals surface area (Å²) in [5, 5.41) is 2.60. The number of methoxy groups -OCH3 is 1. The number of aromatic nitrogens is 2. The number of sulfone groups is 1. The first-order valence-electron chi connectivity index (χ1n) is 8.48. The number of nitrogens with zero attached hydrogens (tertiary/aromatic N) is 3. The van der Waals surface area contributed by atoms with Crippen molar-refractivity contribution in [3.8, 4) is 5.75 Å². The lowest BCUT2D eigenvalue weighted by Crippen LogP contribution is -2.37. The Kier molecular flexibility index (Phi) is 5.66. The van der Waals surface area contributed by atoms with E-state index in [2.05, 4.69) is 15.3 Å². The third kappa shape index (κ3) is 4.22. The second-order valence-corrected chi connectivity index (χ2v) is 7.93. The summed E-state index contributed by atoms with van der Waals surface area (Å²) in [5.41, 5.74) is 7.09. The van der Waals surface area contributed by atoms with Gasteiger partial charge in [0.25, 0.3) is 5.16 Å². The zero-order valence-electron chi connectivity index (χ0n) is 15.3. The van der Waals surface area contributed by atoms with Gasteiger partial charge in [0.2, 0.25) is 9.84 Å². The Labute approximate surface area is 158 Å². The van der Waals surface area contributed by atoms with Crippen molar-refractivity contribution in [2.45, 2.75) is 10.9 Å². The molecule has 3 N–H and O–H groups in total. The maximum atomic E-state index is 12.9. The number of ether oxygens (including phenoxy) is 2. The predicted molar refractivity (Wildman–Crippen MR) is 103 cm³/mol. The number of hydrogen-bond donors (Lipinski definition) is 2. The van der Waals surface area contributed by atoms with E-state index in [1.807, 2.05) is 4.90 Å². The van der Waals surface area contributed by atoms with Gasteiger partial charge >= 0.3 is 0 Å². The minimum Gasteiger partial charge on any atom is -0.497 e. The summed E-state index contributed by atoms with van der Waals surface area (Å²) < 4.78 is 36.2.